The number of hydrogen-bond acceptors (Lipinski definition) is 4. The molecule has 0 unspecified atom stereocenters. The van der Waals surface area contributed by atoms with Gasteiger partial charge in [0.2, 0.25) is 0 Å². The molecule has 10 heteroatoms. The van der Waals surface area contributed by atoms with Crippen molar-refractivity contribution < 1.29 is 32.0 Å². The maximum Gasteiger partial charge on any atom is 0.416 e. The second-order valence-corrected chi connectivity index (χ2v) is 7.63. The fourth-order valence-electron chi connectivity index (χ4n) is 3.06. The summed E-state index contributed by atoms with van der Waals surface area (Å²) in [7, 11) is 0. The molecule has 1 aliphatic heterocycles. The third-order valence-corrected chi connectivity index (χ3v) is 5.10. The van der Waals surface area contributed by atoms with E-state index in [4.69, 9.17) is 4.42 Å². The molecule has 0 atom stereocenters. The molecule has 1 N–H and O–H groups in total. The van der Waals surface area contributed by atoms with E-state index in [1.807, 2.05) is 0 Å². The van der Waals surface area contributed by atoms with Gasteiger partial charge in [-0.15, -0.1) is 0 Å². The lowest BCUT2D eigenvalue weighted by Gasteiger charge is -2.26. The smallest absolute Gasteiger partial charge is 0.416 e. The Labute approximate surface area is 187 Å². The molecule has 6 nitrogen and oxygen atoms in total. The van der Waals surface area contributed by atoms with Crippen LogP contribution >= 0.6 is 15.9 Å². The molecule has 0 saturated carbocycles. The molecule has 4 rings (SSSR count). The van der Waals surface area contributed by atoms with Crippen LogP contribution in [0.4, 0.5) is 23.7 Å². The number of carbonyl (C=O) groups excluding carboxylic acids is 3. The lowest BCUT2D eigenvalue weighted by molar-refractivity contribution is -0.137. The molecule has 0 spiro atoms. The van der Waals surface area contributed by atoms with E-state index in [2.05, 4.69) is 21.2 Å². The highest BCUT2D eigenvalue weighted by molar-refractivity contribution is 9.10. The van der Waals surface area contributed by atoms with Gasteiger partial charge in [-0.25, -0.2) is 9.69 Å². The molecule has 3 aromatic rings. The number of carbonyl (C=O) groups is 3. The summed E-state index contributed by atoms with van der Waals surface area (Å²) in [6.07, 6.45) is -3.38. The Morgan fingerprint density at radius 2 is 1.69 bits per heavy atom. The zero-order valence-electron chi connectivity index (χ0n) is 15.9. The maximum atomic E-state index is 13.0. The molecule has 1 fully saturated rings. The van der Waals surface area contributed by atoms with E-state index in [9.17, 15) is 27.6 Å². The van der Waals surface area contributed by atoms with Gasteiger partial charge in [0.05, 0.1) is 11.3 Å². The van der Waals surface area contributed by atoms with Crippen molar-refractivity contribution in [3.05, 3.63) is 82.0 Å². The zero-order valence-corrected chi connectivity index (χ0v) is 17.5. The Kier molecular flexibility index (Phi) is 5.47. The van der Waals surface area contributed by atoms with Gasteiger partial charge < -0.3 is 4.42 Å². The molecule has 162 valence electrons. The maximum absolute atomic E-state index is 13.0. The van der Waals surface area contributed by atoms with E-state index in [0.717, 1.165) is 27.6 Å². The highest BCUT2D eigenvalue weighted by atomic mass is 79.9. The summed E-state index contributed by atoms with van der Waals surface area (Å²) in [6, 6.07) is 12.8. The number of hydrogen-bond donors (Lipinski definition) is 1. The van der Waals surface area contributed by atoms with Crippen LogP contribution in [0.3, 0.4) is 0 Å². The number of benzene rings is 2. The first-order valence-corrected chi connectivity index (χ1v) is 9.87. The van der Waals surface area contributed by atoms with Crippen molar-refractivity contribution in [2.75, 3.05) is 4.90 Å². The van der Waals surface area contributed by atoms with Gasteiger partial charge in [0.15, 0.2) is 0 Å². The summed E-state index contributed by atoms with van der Waals surface area (Å²) in [6.45, 7) is 0. The van der Waals surface area contributed by atoms with Gasteiger partial charge in [0.1, 0.15) is 17.1 Å². The number of halogens is 4. The van der Waals surface area contributed by atoms with Crippen LogP contribution in [0.2, 0.25) is 0 Å². The number of amides is 4. The Balaban J connectivity index is 1.66. The third-order valence-electron chi connectivity index (χ3n) is 4.57. The van der Waals surface area contributed by atoms with E-state index in [-0.39, 0.29) is 28.3 Å². The predicted octanol–water partition coefficient (Wildman–Crippen LogP) is 5.39. The molecule has 1 aliphatic rings. The highest BCUT2D eigenvalue weighted by Crippen LogP contribution is 2.33. The van der Waals surface area contributed by atoms with E-state index >= 15 is 0 Å². The number of alkyl halides is 3. The average molecular weight is 505 g/mol. The molecule has 2 aromatic carbocycles. The molecule has 32 heavy (non-hydrogen) atoms. The average Bonchev–Trinajstić information content (AvgIpc) is 3.21. The number of nitrogens with one attached hydrogen (secondary N) is 1. The van der Waals surface area contributed by atoms with Gasteiger partial charge in [-0.1, -0.05) is 28.1 Å². The molecule has 1 saturated heterocycles. The molecule has 1 aromatic heterocycles. The Morgan fingerprint density at radius 1 is 0.969 bits per heavy atom. The summed E-state index contributed by atoms with van der Waals surface area (Å²) < 4.78 is 45.1. The van der Waals surface area contributed by atoms with Gasteiger partial charge in [-0.05, 0) is 54.6 Å². The summed E-state index contributed by atoms with van der Waals surface area (Å²) in [5.41, 5.74) is -0.775. The number of rotatable bonds is 3. The molecule has 0 radical (unpaired) electrons. The minimum atomic E-state index is -4.51. The first kappa shape index (κ1) is 21.6. The Hall–Kier alpha value is -3.66. The number of anilines is 1. The first-order valence-electron chi connectivity index (χ1n) is 9.08. The van der Waals surface area contributed by atoms with E-state index in [1.54, 1.807) is 12.1 Å². The van der Waals surface area contributed by atoms with Gasteiger partial charge in [-0.3, -0.25) is 14.9 Å². The topological polar surface area (TPSA) is 79.6 Å². The summed E-state index contributed by atoms with van der Waals surface area (Å²) >= 11 is 3.26. The van der Waals surface area contributed by atoms with Crippen molar-refractivity contribution in [2.24, 2.45) is 0 Å². The third kappa shape index (κ3) is 4.22. The molecular formula is C22H12BrF3N2O4. The van der Waals surface area contributed by atoms with Crippen LogP contribution in [-0.4, -0.2) is 17.8 Å². The van der Waals surface area contributed by atoms with Gasteiger partial charge in [0, 0.05) is 10.0 Å². The van der Waals surface area contributed by atoms with Crippen molar-refractivity contribution in [2.45, 2.75) is 6.18 Å². The summed E-state index contributed by atoms with van der Waals surface area (Å²) in [4.78, 5) is 38.1. The van der Waals surface area contributed by atoms with Crippen molar-refractivity contribution in [1.29, 1.82) is 0 Å². The van der Waals surface area contributed by atoms with E-state index in [1.165, 1.54) is 36.4 Å². The van der Waals surface area contributed by atoms with Crippen molar-refractivity contribution in [3.63, 3.8) is 0 Å². The highest BCUT2D eigenvalue weighted by Gasteiger charge is 2.37. The Bertz CT molecular complexity index is 1260. The second kappa shape index (κ2) is 8.12. The molecular weight excluding hydrogens is 493 g/mol. The van der Waals surface area contributed by atoms with Crippen LogP contribution in [0.1, 0.15) is 11.3 Å². The van der Waals surface area contributed by atoms with Crippen molar-refractivity contribution in [1.82, 2.24) is 5.32 Å². The van der Waals surface area contributed by atoms with Crippen LogP contribution in [0, 0.1) is 0 Å². The molecule has 2 heterocycles. The Morgan fingerprint density at radius 3 is 2.38 bits per heavy atom. The second-order valence-electron chi connectivity index (χ2n) is 6.71. The molecule has 0 bridgehead atoms. The number of nitrogens with zero attached hydrogens (tertiary/aromatic N) is 1. The minimum Gasteiger partial charge on any atom is -0.457 e. The first-order chi connectivity index (χ1) is 15.1. The number of barbiturate groups is 1. The monoisotopic (exact) mass is 504 g/mol. The minimum absolute atomic E-state index is 0.0565. The molecule has 0 aliphatic carbocycles. The lowest BCUT2D eigenvalue weighted by Crippen LogP contribution is -2.54. The number of urea groups is 1. The van der Waals surface area contributed by atoms with Gasteiger partial charge in [-0.2, -0.15) is 13.2 Å². The zero-order chi connectivity index (χ0) is 23.0. The number of imide groups is 2. The van der Waals surface area contributed by atoms with E-state index in [0.29, 0.717) is 0 Å². The number of furan rings is 1. The fourth-order valence-corrected chi connectivity index (χ4v) is 3.32. The van der Waals surface area contributed by atoms with Crippen LogP contribution < -0.4 is 10.2 Å². The quantitative estimate of drug-likeness (QED) is 0.382. The van der Waals surface area contributed by atoms with Crippen LogP contribution in [0.15, 0.2) is 75.1 Å². The lowest BCUT2D eigenvalue weighted by atomic mass is 10.1. The standard InChI is InChI=1S/C22H12BrF3N2O4/c23-14-4-6-15(7-5-14)28-20(30)17(19(29)27-21(28)31)11-16-8-9-18(32-16)12-2-1-3-13(10-12)22(24,25)26/h1-11H,(H,27,29,31)/b17-11-. The largest absolute Gasteiger partial charge is 0.457 e. The van der Waals surface area contributed by atoms with Crippen LogP contribution in [0.25, 0.3) is 17.4 Å². The summed E-state index contributed by atoms with van der Waals surface area (Å²) in [5.74, 6) is -1.60. The van der Waals surface area contributed by atoms with Gasteiger partial charge >= 0.3 is 12.2 Å². The van der Waals surface area contributed by atoms with E-state index < -0.39 is 29.6 Å². The van der Waals surface area contributed by atoms with Gasteiger partial charge in [0.25, 0.3) is 11.8 Å². The predicted molar refractivity (Wildman–Crippen MR) is 112 cm³/mol. The molecule has 4 amide bonds. The van der Waals surface area contributed by atoms with Crippen molar-refractivity contribution >= 4 is 45.5 Å². The van der Waals surface area contributed by atoms with Crippen LogP contribution in [0.5, 0.6) is 0 Å². The summed E-state index contributed by atoms with van der Waals surface area (Å²) in [5, 5.41) is 2.09. The fraction of sp³-hybridized carbons (Fsp3) is 0.0455. The normalized spacial score (nSPS) is 15.9. The SMILES string of the molecule is O=C1NC(=O)N(c2ccc(Br)cc2)C(=O)/C1=C\c1ccc(-c2cccc(C(F)(F)F)c2)o1. The van der Waals surface area contributed by atoms with Crippen LogP contribution in [-0.2, 0) is 15.8 Å². The van der Waals surface area contributed by atoms with Crippen molar-refractivity contribution in [3.8, 4) is 11.3 Å².